The molecule has 0 aliphatic carbocycles. The number of benzene rings is 2. The second kappa shape index (κ2) is 6.97. The maximum Gasteiger partial charge on any atom is 0.192 e. The zero-order valence-corrected chi connectivity index (χ0v) is 14.6. The van der Waals surface area contributed by atoms with E-state index >= 15 is 0 Å². The molecule has 4 N–H and O–H groups in total. The van der Waals surface area contributed by atoms with Crippen LogP contribution in [0.15, 0.2) is 65.8 Å². The summed E-state index contributed by atoms with van der Waals surface area (Å²) in [6, 6.07) is 19.7. The number of nitrogens with two attached hydrogens (primary N) is 2. The molecule has 26 heavy (non-hydrogen) atoms. The van der Waals surface area contributed by atoms with Gasteiger partial charge < -0.3 is 11.5 Å². The Labute approximate surface area is 154 Å². The van der Waals surface area contributed by atoms with Gasteiger partial charge in [-0.3, -0.25) is 0 Å². The summed E-state index contributed by atoms with van der Waals surface area (Å²) in [6.07, 6.45) is 0. The molecular formula is C19H16N6S. The molecule has 6 nitrogen and oxygen atoms in total. The summed E-state index contributed by atoms with van der Waals surface area (Å²) in [6.45, 7) is 0. The minimum Gasteiger partial charge on any atom is -0.382 e. The molecule has 4 aromatic rings. The normalized spacial score (nSPS) is 10.9. The summed E-state index contributed by atoms with van der Waals surface area (Å²) in [5.41, 5.74) is 15.7. The van der Waals surface area contributed by atoms with Gasteiger partial charge in [0.1, 0.15) is 5.69 Å². The number of aromatic nitrogens is 4. The zero-order valence-electron chi connectivity index (χ0n) is 13.8. The average Bonchev–Trinajstić information content (AvgIpc) is 2.67. The highest BCUT2D eigenvalue weighted by molar-refractivity contribution is 7.98. The number of hydrogen-bond acceptors (Lipinski definition) is 7. The van der Waals surface area contributed by atoms with E-state index < -0.39 is 0 Å². The largest absolute Gasteiger partial charge is 0.382 e. The molecule has 2 heterocycles. The molecule has 0 unspecified atom stereocenters. The molecule has 0 fully saturated rings. The molecule has 4 rings (SSSR count). The highest BCUT2D eigenvalue weighted by Gasteiger charge is 2.14. The number of thioether (sulfide) groups is 1. The van der Waals surface area contributed by atoms with Gasteiger partial charge in [-0.2, -0.15) is 0 Å². The summed E-state index contributed by atoms with van der Waals surface area (Å²) in [5.74, 6) is 1.37. The third-order valence-corrected chi connectivity index (χ3v) is 4.74. The first kappa shape index (κ1) is 16.3. The molecule has 0 saturated heterocycles. The average molecular weight is 360 g/mol. The van der Waals surface area contributed by atoms with E-state index in [2.05, 4.69) is 32.1 Å². The van der Waals surface area contributed by atoms with Crippen molar-refractivity contribution in [3.8, 4) is 11.3 Å². The Morgan fingerprint density at radius 1 is 0.731 bits per heavy atom. The van der Waals surface area contributed by atoms with E-state index in [1.807, 2.05) is 48.5 Å². The lowest BCUT2D eigenvalue weighted by Gasteiger charge is -2.08. The molecule has 2 aromatic heterocycles. The zero-order chi connectivity index (χ0) is 17.9. The number of anilines is 2. The predicted octanol–water partition coefficient (Wildman–Crippen LogP) is 3.54. The van der Waals surface area contributed by atoms with Gasteiger partial charge in [0.05, 0.1) is 0 Å². The maximum absolute atomic E-state index is 6.12. The van der Waals surface area contributed by atoms with Crippen molar-refractivity contribution in [3.63, 3.8) is 0 Å². The van der Waals surface area contributed by atoms with Crippen LogP contribution in [0.5, 0.6) is 0 Å². The molecule has 2 aromatic carbocycles. The van der Waals surface area contributed by atoms with Gasteiger partial charge in [-0.05, 0) is 5.56 Å². The first-order chi connectivity index (χ1) is 12.7. The Morgan fingerprint density at radius 2 is 1.42 bits per heavy atom. The molecule has 0 amide bonds. The standard InChI is InChI=1S/C19H16N6S/c20-16-14(13-9-5-2-6-10-13)22-15-17(21)24-19(25-18(15)23-16)26-11-12-7-3-1-4-8-12/h1-10H,11H2,(H4,20,21,23,24,25). The number of nitrogen functional groups attached to an aromatic ring is 2. The van der Waals surface area contributed by atoms with Gasteiger partial charge in [0.15, 0.2) is 28.0 Å². The molecule has 128 valence electrons. The summed E-state index contributed by atoms with van der Waals surface area (Å²) in [7, 11) is 0. The summed E-state index contributed by atoms with van der Waals surface area (Å²) in [4.78, 5) is 17.8. The quantitative estimate of drug-likeness (QED) is 0.424. The van der Waals surface area contributed by atoms with Gasteiger partial charge in [0.25, 0.3) is 0 Å². The molecule has 7 heteroatoms. The van der Waals surface area contributed by atoms with Crippen molar-refractivity contribution in [2.24, 2.45) is 0 Å². The molecule has 0 saturated carbocycles. The Balaban J connectivity index is 1.69. The van der Waals surface area contributed by atoms with E-state index in [9.17, 15) is 0 Å². The van der Waals surface area contributed by atoms with Crippen molar-refractivity contribution in [3.05, 3.63) is 66.2 Å². The molecule has 0 spiro atoms. The highest BCUT2D eigenvalue weighted by atomic mass is 32.2. The van der Waals surface area contributed by atoms with Crippen LogP contribution in [0.3, 0.4) is 0 Å². The number of fused-ring (bicyclic) bond motifs is 1. The van der Waals surface area contributed by atoms with Gasteiger partial charge in [0.2, 0.25) is 0 Å². The second-order valence-electron chi connectivity index (χ2n) is 5.66. The lowest BCUT2D eigenvalue weighted by atomic mass is 10.1. The van der Waals surface area contributed by atoms with Crippen LogP contribution in [-0.2, 0) is 5.75 Å². The van der Waals surface area contributed by atoms with Crippen molar-refractivity contribution < 1.29 is 0 Å². The van der Waals surface area contributed by atoms with Crippen LogP contribution in [-0.4, -0.2) is 19.9 Å². The minimum atomic E-state index is 0.301. The number of nitrogens with zero attached hydrogens (tertiary/aromatic N) is 4. The van der Waals surface area contributed by atoms with E-state index in [4.69, 9.17) is 11.5 Å². The van der Waals surface area contributed by atoms with E-state index in [1.54, 1.807) is 0 Å². The Hall–Kier alpha value is -3.19. The fourth-order valence-corrected chi connectivity index (χ4v) is 3.36. The van der Waals surface area contributed by atoms with Crippen LogP contribution in [0.1, 0.15) is 5.56 Å². The Morgan fingerprint density at radius 3 is 2.15 bits per heavy atom. The SMILES string of the molecule is Nc1nc2nc(SCc3ccccc3)nc(N)c2nc1-c1ccccc1. The topological polar surface area (TPSA) is 104 Å². The third-order valence-electron chi connectivity index (χ3n) is 3.82. The maximum atomic E-state index is 6.12. The molecule has 0 radical (unpaired) electrons. The van der Waals surface area contributed by atoms with Crippen LogP contribution in [0.2, 0.25) is 0 Å². The summed E-state index contributed by atoms with van der Waals surface area (Å²) >= 11 is 1.50. The van der Waals surface area contributed by atoms with Crippen molar-refractivity contribution in [1.82, 2.24) is 19.9 Å². The fraction of sp³-hybridized carbons (Fsp3) is 0.0526. The van der Waals surface area contributed by atoms with Crippen LogP contribution < -0.4 is 11.5 Å². The fourth-order valence-electron chi connectivity index (χ4n) is 2.56. The first-order valence-electron chi connectivity index (χ1n) is 8.03. The van der Waals surface area contributed by atoms with Crippen molar-refractivity contribution in [2.45, 2.75) is 10.9 Å². The van der Waals surface area contributed by atoms with E-state index in [1.165, 1.54) is 17.3 Å². The van der Waals surface area contributed by atoms with Gasteiger partial charge in [0, 0.05) is 11.3 Å². The highest BCUT2D eigenvalue weighted by Crippen LogP contribution is 2.28. The Bertz CT molecular complexity index is 1050. The minimum absolute atomic E-state index is 0.301. The van der Waals surface area contributed by atoms with E-state index in [0.717, 1.165) is 11.3 Å². The van der Waals surface area contributed by atoms with Gasteiger partial charge in [-0.1, -0.05) is 72.4 Å². The molecule has 0 aliphatic heterocycles. The smallest absolute Gasteiger partial charge is 0.192 e. The van der Waals surface area contributed by atoms with Gasteiger partial charge in [-0.25, -0.2) is 19.9 Å². The Kier molecular flexibility index (Phi) is 4.37. The van der Waals surface area contributed by atoms with Crippen LogP contribution in [0, 0.1) is 0 Å². The van der Waals surface area contributed by atoms with E-state index in [-0.39, 0.29) is 0 Å². The second-order valence-corrected chi connectivity index (χ2v) is 6.60. The lowest BCUT2D eigenvalue weighted by Crippen LogP contribution is -2.04. The van der Waals surface area contributed by atoms with Crippen molar-refractivity contribution >= 4 is 34.6 Å². The number of rotatable bonds is 4. The van der Waals surface area contributed by atoms with Crippen molar-refractivity contribution in [2.75, 3.05) is 11.5 Å². The monoisotopic (exact) mass is 360 g/mol. The van der Waals surface area contributed by atoms with Gasteiger partial charge >= 0.3 is 0 Å². The van der Waals surface area contributed by atoms with Crippen LogP contribution in [0.25, 0.3) is 22.4 Å². The van der Waals surface area contributed by atoms with Crippen molar-refractivity contribution in [1.29, 1.82) is 0 Å². The third kappa shape index (κ3) is 3.29. The predicted molar refractivity (Wildman–Crippen MR) is 105 cm³/mol. The van der Waals surface area contributed by atoms with Crippen LogP contribution >= 0.6 is 11.8 Å². The molecule has 0 atom stereocenters. The summed E-state index contributed by atoms with van der Waals surface area (Å²) in [5, 5.41) is 0.556. The van der Waals surface area contributed by atoms with E-state index in [0.29, 0.717) is 33.6 Å². The van der Waals surface area contributed by atoms with Crippen LogP contribution in [0.4, 0.5) is 11.6 Å². The first-order valence-corrected chi connectivity index (χ1v) is 9.02. The molecule has 0 aliphatic rings. The lowest BCUT2D eigenvalue weighted by molar-refractivity contribution is 0.988. The van der Waals surface area contributed by atoms with Gasteiger partial charge in [-0.15, -0.1) is 0 Å². The molecular weight excluding hydrogens is 344 g/mol. The molecule has 0 bridgehead atoms. The summed E-state index contributed by atoms with van der Waals surface area (Å²) < 4.78 is 0. The number of hydrogen-bond donors (Lipinski definition) is 2.